The van der Waals surface area contributed by atoms with Gasteiger partial charge in [-0.25, -0.2) is 4.79 Å². The van der Waals surface area contributed by atoms with Crippen LogP contribution < -0.4 is 10.6 Å². The standard InChI is InChI=1S/C16H34N4O3.HI/c1-7-22-13-9-8-10-18-14(17-5)19-11-12-20(6)15(21)23-16(2,3)4;/h7-13H2,1-6H3,(H2,17,18,19);1H. The second-order valence-electron chi connectivity index (χ2n) is 6.23. The van der Waals surface area contributed by atoms with Gasteiger partial charge in [-0.05, 0) is 40.5 Å². The number of halogens is 1. The Hall–Kier alpha value is -0.770. The number of guanidine groups is 1. The lowest BCUT2D eigenvalue weighted by atomic mass is 10.2. The molecule has 0 bridgehead atoms. The van der Waals surface area contributed by atoms with Crippen molar-refractivity contribution in [2.75, 3.05) is 46.9 Å². The maximum absolute atomic E-state index is 11.8. The first-order chi connectivity index (χ1) is 10.8. The summed E-state index contributed by atoms with van der Waals surface area (Å²) in [6, 6.07) is 0. The molecule has 144 valence electrons. The van der Waals surface area contributed by atoms with Gasteiger partial charge >= 0.3 is 6.09 Å². The maximum atomic E-state index is 11.8. The Morgan fingerprint density at radius 2 is 1.79 bits per heavy atom. The molecule has 0 aromatic carbocycles. The van der Waals surface area contributed by atoms with E-state index in [2.05, 4.69) is 15.6 Å². The van der Waals surface area contributed by atoms with Gasteiger partial charge in [-0.2, -0.15) is 0 Å². The summed E-state index contributed by atoms with van der Waals surface area (Å²) in [4.78, 5) is 17.5. The van der Waals surface area contributed by atoms with E-state index in [4.69, 9.17) is 9.47 Å². The van der Waals surface area contributed by atoms with Crippen molar-refractivity contribution >= 4 is 36.0 Å². The number of hydrogen-bond acceptors (Lipinski definition) is 4. The summed E-state index contributed by atoms with van der Waals surface area (Å²) < 4.78 is 10.6. The number of likely N-dealkylation sites (N-methyl/N-ethyl adjacent to an activating group) is 1. The third-order valence-corrected chi connectivity index (χ3v) is 2.88. The number of ether oxygens (including phenoxy) is 2. The lowest BCUT2D eigenvalue weighted by Crippen LogP contribution is -2.43. The average molecular weight is 458 g/mol. The van der Waals surface area contributed by atoms with E-state index < -0.39 is 5.60 Å². The second kappa shape index (κ2) is 14.6. The Labute approximate surface area is 164 Å². The molecule has 0 unspecified atom stereocenters. The van der Waals surface area contributed by atoms with Gasteiger partial charge in [-0.3, -0.25) is 4.99 Å². The zero-order valence-electron chi connectivity index (χ0n) is 16.0. The largest absolute Gasteiger partial charge is 0.444 e. The third-order valence-electron chi connectivity index (χ3n) is 2.88. The van der Waals surface area contributed by atoms with Gasteiger partial charge in [0.1, 0.15) is 5.60 Å². The number of carbonyl (C=O) groups is 1. The molecular weight excluding hydrogens is 423 g/mol. The van der Waals surface area contributed by atoms with Gasteiger partial charge < -0.3 is 25.0 Å². The van der Waals surface area contributed by atoms with Crippen LogP contribution >= 0.6 is 24.0 Å². The van der Waals surface area contributed by atoms with Crippen LogP contribution in [0.2, 0.25) is 0 Å². The number of rotatable bonds is 9. The van der Waals surface area contributed by atoms with Crippen LogP contribution in [0.4, 0.5) is 4.79 Å². The summed E-state index contributed by atoms with van der Waals surface area (Å²) in [7, 11) is 3.45. The number of aliphatic imine (C=N–C) groups is 1. The maximum Gasteiger partial charge on any atom is 0.410 e. The second-order valence-corrected chi connectivity index (χ2v) is 6.23. The SMILES string of the molecule is CCOCCCCNC(=NC)NCCN(C)C(=O)OC(C)(C)C.I. The molecule has 0 heterocycles. The van der Waals surface area contributed by atoms with E-state index in [0.717, 1.165) is 38.6 Å². The molecular formula is C16H35IN4O3. The zero-order valence-corrected chi connectivity index (χ0v) is 18.3. The van der Waals surface area contributed by atoms with E-state index in [1.165, 1.54) is 0 Å². The van der Waals surface area contributed by atoms with E-state index >= 15 is 0 Å². The minimum absolute atomic E-state index is 0. The van der Waals surface area contributed by atoms with Crippen molar-refractivity contribution in [2.24, 2.45) is 4.99 Å². The topological polar surface area (TPSA) is 75.2 Å². The normalized spacial score (nSPS) is 11.5. The van der Waals surface area contributed by atoms with Crippen LogP contribution in [-0.4, -0.2) is 69.5 Å². The molecule has 0 spiro atoms. The fraction of sp³-hybridized carbons (Fsp3) is 0.875. The predicted molar refractivity (Wildman–Crippen MR) is 109 cm³/mol. The number of carbonyl (C=O) groups excluding carboxylic acids is 1. The molecule has 0 aliphatic rings. The van der Waals surface area contributed by atoms with Crippen molar-refractivity contribution in [1.82, 2.24) is 15.5 Å². The molecule has 8 heteroatoms. The van der Waals surface area contributed by atoms with Crippen LogP contribution in [-0.2, 0) is 9.47 Å². The van der Waals surface area contributed by atoms with Crippen molar-refractivity contribution in [2.45, 2.75) is 46.1 Å². The average Bonchev–Trinajstić information content (AvgIpc) is 2.46. The van der Waals surface area contributed by atoms with E-state index in [1.807, 2.05) is 27.7 Å². The molecule has 0 aromatic rings. The van der Waals surface area contributed by atoms with Gasteiger partial charge in [0.05, 0.1) is 0 Å². The zero-order chi connectivity index (χ0) is 17.7. The molecule has 2 N–H and O–H groups in total. The van der Waals surface area contributed by atoms with Crippen molar-refractivity contribution in [3.05, 3.63) is 0 Å². The summed E-state index contributed by atoms with van der Waals surface area (Å²) >= 11 is 0. The first-order valence-corrected chi connectivity index (χ1v) is 8.26. The van der Waals surface area contributed by atoms with Crippen LogP contribution in [0.15, 0.2) is 4.99 Å². The van der Waals surface area contributed by atoms with E-state index in [1.54, 1.807) is 19.0 Å². The molecule has 1 amide bonds. The lowest BCUT2D eigenvalue weighted by molar-refractivity contribution is 0.0302. The first-order valence-electron chi connectivity index (χ1n) is 8.26. The molecule has 0 aliphatic heterocycles. The van der Waals surface area contributed by atoms with Gasteiger partial charge in [-0.15, -0.1) is 24.0 Å². The predicted octanol–water partition coefficient (Wildman–Crippen LogP) is 2.45. The highest BCUT2D eigenvalue weighted by atomic mass is 127. The molecule has 0 atom stereocenters. The fourth-order valence-corrected chi connectivity index (χ4v) is 1.67. The van der Waals surface area contributed by atoms with Gasteiger partial charge in [0.25, 0.3) is 0 Å². The smallest absolute Gasteiger partial charge is 0.410 e. The van der Waals surface area contributed by atoms with Crippen molar-refractivity contribution in [3.63, 3.8) is 0 Å². The highest BCUT2D eigenvalue weighted by Gasteiger charge is 2.19. The Morgan fingerprint density at radius 1 is 1.17 bits per heavy atom. The van der Waals surface area contributed by atoms with Gasteiger partial charge in [0.15, 0.2) is 5.96 Å². The van der Waals surface area contributed by atoms with Crippen LogP contribution in [0.3, 0.4) is 0 Å². The van der Waals surface area contributed by atoms with Crippen LogP contribution in [0, 0.1) is 0 Å². The molecule has 0 saturated heterocycles. The molecule has 7 nitrogen and oxygen atoms in total. The molecule has 0 aliphatic carbocycles. The molecule has 0 radical (unpaired) electrons. The van der Waals surface area contributed by atoms with Crippen LogP contribution in [0.1, 0.15) is 40.5 Å². The monoisotopic (exact) mass is 458 g/mol. The minimum Gasteiger partial charge on any atom is -0.444 e. The Balaban J connectivity index is 0. The summed E-state index contributed by atoms with van der Waals surface area (Å²) in [6.07, 6.45) is 1.73. The minimum atomic E-state index is -0.474. The van der Waals surface area contributed by atoms with E-state index in [0.29, 0.717) is 13.1 Å². The fourth-order valence-electron chi connectivity index (χ4n) is 1.67. The Bertz CT molecular complexity index is 360. The number of amides is 1. The summed E-state index contributed by atoms with van der Waals surface area (Å²) in [6.45, 7) is 11.1. The van der Waals surface area contributed by atoms with E-state index in [9.17, 15) is 4.79 Å². The Morgan fingerprint density at radius 3 is 2.33 bits per heavy atom. The number of hydrogen-bond donors (Lipinski definition) is 2. The number of nitrogens with one attached hydrogen (secondary N) is 2. The summed E-state index contributed by atoms with van der Waals surface area (Å²) in [5, 5.41) is 6.41. The highest BCUT2D eigenvalue weighted by Crippen LogP contribution is 2.08. The third kappa shape index (κ3) is 14.8. The Kier molecular flexibility index (Phi) is 15.5. The van der Waals surface area contributed by atoms with Crippen LogP contribution in [0.5, 0.6) is 0 Å². The molecule has 0 saturated carbocycles. The van der Waals surface area contributed by atoms with Crippen molar-refractivity contribution in [3.8, 4) is 0 Å². The van der Waals surface area contributed by atoms with Crippen molar-refractivity contribution in [1.29, 1.82) is 0 Å². The van der Waals surface area contributed by atoms with Gasteiger partial charge in [0.2, 0.25) is 0 Å². The summed E-state index contributed by atoms with van der Waals surface area (Å²) in [5.74, 6) is 0.735. The lowest BCUT2D eigenvalue weighted by Gasteiger charge is -2.24. The quantitative estimate of drug-likeness (QED) is 0.240. The molecule has 0 aromatic heterocycles. The number of nitrogens with zero attached hydrogens (tertiary/aromatic N) is 2. The molecule has 0 rings (SSSR count). The van der Waals surface area contributed by atoms with Crippen LogP contribution in [0.25, 0.3) is 0 Å². The number of unbranched alkanes of at least 4 members (excludes halogenated alkanes) is 1. The highest BCUT2D eigenvalue weighted by molar-refractivity contribution is 14.0. The molecule has 24 heavy (non-hydrogen) atoms. The molecule has 0 fully saturated rings. The van der Waals surface area contributed by atoms with Gasteiger partial charge in [-0.1, -0.05) is 0 Å². The van der Waals surface area contributed by atoms with Gasteiger partial charge in [0, 0.05) is 46.9 Å². The first kappa shape index (κ1) is 25.5. The van der Waals surface area contributed by atoms with E-state index in [-0.39, 0.29) is 30.1 Å². The van der Waals surface area contributed by atoms with Crippen molar-refractivity contribution < 1.29 is 14.3 Å². The summed E-state index contributed by atoms with van der Waals surface area (Å²) in [5.41, 5.74) is -0.474.